The fourth-order valence-electron chi connectivity index (χ4n) is 1.45. The highest BCUT2D eigenvalue weighted by Gasteiger charge is 2.11. The summed E-state index contributed by atoms with van der Waals surface area (Å²) in [5.74, 6) is -0.947. The van der Waals surface area contributed by atoms with E-state index in [1.54, 1.807) is 24.4 Å². The van der Waals surface area contributed by atoms with Crippen LogP contribution in [0.4, 0.5) is 5.13 Å². The number of amides is 1. The maximum atomic E-state index is 11.7. The summed E-state index contributed by atoms with van der Waals surface area (Å²) in [7, 11) is 0. The van der Waals surface area contributed by atoms with Gasteiger partial charge in [-0.1, -0.05) is 29.0 Å². The van der Waals surface area contributed by atoms with Gasteiger partial charge >= 0.3 is 5.97 Å². The van der Waals surface area contributed by atoms with E-state index in [9.17, 15) is 9.59 Å². The zero-order valence-corrected chi connectivity index (χ0v) is 13.0. The summed E-state index contributed by atoms with van der Waals surface area (Å²) < 4.78 is 5.75. The first-order valence-corrected chi connectivity index (χ1v) is 7.30. The van der Waals surface area contributed by atoms with Crippen LogP contribution in [0.15, 0.2) is 34.2 Å². The molecule has 1 heterocycles. The van der Waals surface area contributed by atoms with Crippen molar-refractivity contribution in [3.63, 3.8) is 0 Å². The van der Waals surface area contributed by atoms with Gasteiger partial charge < -0.3 is 4.74 Å². The molecule has 0 aliphatic heterocycles. The number of anilines is 1. The van der Waals surface area contributed by atoms with Gasteiger partial charge in [0, 0.05) is 0 Å². The molecule has 0 radical (unpaired) electrons. The van der Waals surface area contributed by atoms with Crippen LogP contribution in [0.25, 0.3) is 0 Å². The SMILES string of the molecule is Cc1cccc(C(=O)OCC(=O)Nc2ncc(Br)s2)c1. The molecule has 20 heavy (non-hydrogen) atoms. The lowest BCUT2D eigenvalue weighted by Gasteiger charge is -2.05. The van der Waals surface area contributed by atoms with E-state index in [4.69, 9.17) is 4.74 Å². The van der Waals surface area contributed by atoms with Crippen molar-refractivity contribution in [1.29, 1.82) is 0 Å². The van der Waals surface area contributed by atoms with Crippen LogP contribution in [-0.4, -0.2) is 23.5 Å². The lowest BCUT2D eigenvalue weighted by molar-refractivity contribution is -0.119. The quantitative estimate of drug-likeness (QED) is 0.856. The van der Waals surface area contributed by atoms with Crippen molar-refractivity contribution in [1.82, 2.24) is 4.98 Å². The fourth-order valence-corrected chi connectivity index (χ4v) is 2.58. The Morgan fingerprint density at radius 2 is 2.25 bits per heavy atom. The van der Waals surface area contributed by atoms with E-state index in [1.807, 2.05) is 13.0 Å². The molecular weight excluding hydrogens is 344 g/mol. The highest BCUT2D eigenvalue weighted by atomic mass is 79.9. The minimum Gasteiger partial charge on any atom is -0.452 e. The van der Waals surface area contributed by atoms with Gasteiger partial charge in [-0.15, -0.1) is 0 Å². The first kappa shape index (κ1) is 14.7. The summed E-state index contributed by atoms with van der Waals surface area (Å²) in [5, 5.41) is 2.99. The maximum Gasteiger partial charge on any atom is 0.338 e. The van der Waals surface area contributed by atoms with Crippen LogP contribution in [-0.2, 0) is 9.53 Å². The minimum atomic E-state index is -0.524. The van der Waals surface area contributed by atoms with Crippen LogP contribution in [0.5, 0.6) is 0 Å². The van der Waals surface area contributed by atoms with Crippen LogP contribution in [0, 0.1) is 6.92 Å². The molecule has 0 fully saturated rings. The van der Waals surface area contributed by atoms with E-state index in [0.29, 0.717) is 10.7 Å². The molecule has 0 aliphatic carbocycles. The Labute approximate surface area is 128 Å². The van der Waals surface area contributed by atoms with E-state index in [1.165, 1.54) is 11.3 Å². The Kier molecular flexibility index (Phi) is 4.86. The summed E-state index contributed by atoms with van der Waals surface area (Å²) >= 11 is 4.52. The molecule has 2 aromatic rings. The summed E-state index contributed by atoms with van der Waals surface area (Å²) in [4.78, 5) is 27.3. The third kappa shape index (κ3) is 4.14. The molecule has 5 nitrogen and oxygen atoms in total. The number of nitrogens with zero attached hydrogens (tertiary/aromatic N) is 1. The van der Waals surface area contributed by atoms with Crippen LogP contribution in [0.1, 0.15) is 15.9 Å². The number of carbonyl (C=O) groups excluding carboxylic acids is 2. The van der Waals surface area contributed by atoms with Gasteiger partial charge in [0.1, 0.15) is 0 Å². The zero-order chi connectivity index (χ0) is 14.5. The van der Waals surface area contributed by atoms with Gasteiger partial charge in [-0.05, 0) is 35.0 Å². The van der Waals surface area contributed by atoms with Crippen LogP contribution in [0.3, 0.4) is 0 Å². The van der Waals surface area contributed by atoms with Gasteiger partial charge in [0.15, 0.2) is 11.7 Å². The van der Waals surface area contributed by atoms with Crippen molar-refractivity contribution >= 4 is 44.3 Å². The van der Waals surface area contributed by atoms with Gasteiger partial charge in [-0.2, -0.15) is 0 Å². The number of hydrogen-bond donors (Lipinski definition) is 1. The van der Waals surface area contributed by atoms with E-state index in [-0.39, 0.29) is 6.61 Å². The van der Waals surface area contributed by atoms with Crippen LogP contribution < -0.4 is 5.32 Å². The Hall–Kier alpha value is -1.73. The monoisotopic (exact) mass is 354 g/mol. The molecule has 1 aromatic heterocycles. The van der Waals surface area contributed by atoms with Crippen LogP contribution >= 0.6 is 27.3 Å². The smallest absolute Gasteiger partial charge is 0.338 e. The van der Waals surface area contributed by atoms with Crippen molar-refractivity contribution in [3.05, 3.63) is 45.4 Å². The molecular formula is C13H11BrN2O3S. The molecule has 0 aliphatic rings. The van der Waals surface area contributed by atoms with Gasteiger partial charge in [-0.3, -0.25) is 10.1 Å². The maximum absolute atomic E-state index is 11.7. The largest absolute Gasteiger partial charge is 0.452 e. The first-order valence-electron chi connectivity index (χ1n) is 5.69. The van der Waals surface area contributed by atoms with Crippen molar-refractivity contribution in [2.45, 2.75) is 6.92 Å². The highest BCUT2D eigenvalue weighted by Crippen LogP contribution is 2.22. The summed E-state index contributed by atoms with van der Waals surface area (Å²) in [6, 6.07) is 6.99. The van der Waals surface area contributed by atoms with Crippen molar-refractivity contribution in [2.75, 3.05) is 11.9 Å². The predicted octanol–water partition coefficient (Wildman–Crippen LogP) is 3.01. The van der Waals surface area contributed by atoms with E-state index >= 15 is 0 Å². The molecule has 0 atom stereocenters. The average Bonchev–Trinajstić information content (AvgIpc) is 2.81. The van der Waals surface area contributed by atoms with E-state index in [0.717, 1.165) is 9.35 Å². The second-order valence-corrected chi connectivity index (χ2v) is 6.37. The number of aryl methyl sites for hydroxylation is 1. The molecule has 0 saturated carbocycles. The standard InChI is InChI=1S/C13H11BrN2O3S/c1-8-3-2-4-9(5-8)12(18)19-7-11(17)16-13-15-6-10(14)20-13/h2-6H,7H2,1H3,(H,15,16,17). The molecule has 0 spiro atoms. The Morgan fingerprint density at radius 3 is 2.90 bits per heavy atom. The molecule has 1 aromatic carbocycles. The third-order valence-corrected chi connectivity index (χ3v) is 3.70. The fraction of sp³-hybridized carbons (Fsp3) is 0.154. The molecule has 104 valence electrons. The Balaban J connectivity index is 1.85. The van der Waals surface area contributed by atoms with E-state index < -0.39 is 11.9 Å². The lowest BCUT2D eigenvalue weighted by atomic mass is 10.1. The molecule has 1 N–H and O–H groups in total. The molecule has 7 heteroatoms. The predicted molar refractivity (Wildman–Crippen MR) is 79.9 cm³/mol. The number of hydrogen-bond acceptors (Lipinski definition) is 5. The topological polar surface area (TPSA) is 68.3 Å². The summed E-state index contributed by atoms with van der Waals surface area (Å²) in [6.07, 6.45) is 1.58. The summed E-state index contributed by atoms with van der Waals surface area (Å²) in [6.45, 7) is 1.54. The molecule has 2 rings (SSSR count). The van der Waals surface area contributed by atoms with Gasteiger partial charge in [0.2, 0.25) is 0 Å². The number of halogens is 1. The second-order valence-electron chi connectivity index (χ2n) is 3.96. The zero-order valence-electron chi connectivity index (χ0n) is 10.6. The van der Waals surface area contributed by atoms with Crippen molar-refractivity contribution in [3.8, 4) is 0 Å². The molecule has 0 bridgehead atoms. The number of carbonyl (C=O) groups is 2. The number of nitrogens with one attached hydrogen (secondary N) is 1. The lowest BCUT2D eigenvalue weighted by Crippen LogP contribution is -2.20. The van der Waals surface area contributed by atoms with Crippen LogP contribution in [0.2, 0.25) is 0 Å². The normalized spacial score (nSPS) is 10.1. The average molecular weight is 355 g/mol. The minimum absolute atomic E-state index is 0.343. The van der Waals surface area contributed by atoms with Gasteiger partial charge in [0.05, 0.1) is 15.5 Å². The third-order valence-electron chi connectivity index (χ3n) is 2.31. The number of ether oxygens (including phenoxy) is 1. The van der Waals surface area contributed by atoms with E-state index in [2.05, 4.69) is 26.2 Å². The number of thiazole rings is 1. The van der Waals surface area contributed by atoms with Gasteiger partial charge in [0.25, 0.3) is 5.91 Å². The number of esters is 1. The molecule has 0 saturated heterocycles. The molecule has 1 amide bonds. The van der Waals surface area contributed by atoms with Crippen molar-refractivity contribution < 1.29 is 14.3 Å². The number of benzene rings is 1. The highest BCUT2D eigenvalue weighted by molar-refractivity contribution is 9.11. The molecule has 0 unspecified atom stereocenters. The number of rotatable bonds is 4. The summed E-state index contributed by atoms with van der Waals surface area (Å²) in [5.41, 5.74) is 1.38. The Bertz CT molecular complexity index is 642. The first-order chi connectivity index (χ1) is 9.54. The second kappa shape index (κ2) is 6.62. The van der Waals surface area contributed by atoms with Gasteiger partial charge in [-0.25, -0.2) is 9.78 Å². The number of aromatic nitrogens is 1. The van der Waals surface area contributed by atoms with Crippen molar-refractivity contribution in [2.24, 2.45) is 0 Å². The Morgan fingerprint density at radius 1 is 1.45 bits per heavy atom.